The number of aryl methyl sites for hydroxylation is 1. The Hall–Kier alpha value is -4.13. The number of aromatic nitrogens is 2. The van der Waals surface area contributed by atoms with Crippen LogP contribution >= 0.6 is 0 Å². The number of nitrogens with zero attached hydrogens (tertiary/aromatic N) is 2. The van der Waals surface area contributed by atoms with Gasteiger partial charge in [-0.25, -0.2) is 9.48 Å². The van der Waals surface area contributed by atoms with Gasteiger partial charge < -0.3 is 10.1 Å². The molecule has 2 amide bonds. The van der Waals surface area contributed by atoms with E-state index in [1.54, 1.807) is 4.68 Å². The summed E-state index contributed by atoms with van der Waals surface area (Å²) in [6.45, 7) is 2.13. The van der Waals surface area contributed by atoms with E-state index in [1.807, 2.05) is 72.8 Å². The Morgan fingerprint density at radius 2 is 1.74 bits per heavy atom. The monoisotopic (exact) mass is 456 g/mol. The third-order valence-corrected chi connectivity index (χ3v) is 5.56. The van der Waals surface area contributed by atoms with Crippen LogP contribution in [-0.2, 0) is 22.4 Å². The van der Waals surface area contributed by atoms with Gasteiger partial charge in [0.05, 0.1) is 24.9 Å². The first-order chi connectivity index (χ1) is 16.6. The maximum atomic E-state index is 12.7. The normalized spacial score (nSPS) is 10.8. The molecular formula is C27H28N4O3. The van der Waals surface area contributed by atoms with Crippen molar-refractivity contribution in [2.24, 2.45) is 0 Å². The zero-order valence-electron chi connectivity index (χ0n) is 19.4. The summed E-state index contributed by atoms with van der Waals surface area (Å²) in [5.41, 5.74) is 3.18. The van der Waals surface area contributed by atoms with Crippen LogP contribution in [0.4, 0.5) is 16.3 Å². The number of esters is 1. The van der Waals surface area contributed by atoms with Crippen molar-refractivity contribution in [3.05, 3.63) is 84.1 Å². The summed E-state index contributed by atoms with van der Waals surface area (Å²) in [7, 11) is 1.38. The van der Waals surface area contributed by atoms with Gasteiger partial charge in [0.1, 0.15) is 5.82 Å². The van der Waals surface area contributed by atoms with E-state index in [9.17, 15) is 9.59 Å². The first-order valence-corrected chi connectivity index (χ1v) is 11.4. The summed E-state index contributed by atoms with van der Waals surface area (Å²) in [6, 6.07) is 22.6. The summed E-state index contributed by atoms with van der Waals surface area (Å²) in [6.07, 6.45) is 2.99. The molecule has 0 radical (unpaired) electrons. The molecule has 0 aliphatic heterocycles. The minimum Gasteiger partial charge on any atom is -0.469 e. The summed E-state index contributed by atoms with van der Waals surface area (Å²) in [5, 5.41) is 12.5. The SMILES string of the molecule is CCCCc1cc(NC(=O)Nc2ccccc2)n(-c2cc(CC(=O)OC)c3ccccc3c2)n1. The maximum Gasteiger partial charge on any atom is 0.324 e. The predicted octanol–water partition coefficient (Wildman–Crippen LogP) is 5.73. The number of carbonyl (C=O) groups is 2. The molecule has 0 unspecified atom stereocenters. The number of methoxy groups -OCH3 is 1. The number of urea groups is 1. The molecule has 0 saturated carbocycles. The first-order valence-electron chi connectivity index (χ1n) is 11.4. The van der Waals surface area contributed by atoms with E-state index in [-0.39, 0.29) is 18.4 Å². The molecule has 0 saturated heterocycles. The molecule has 7 nitrogen and oxygen atoms in total. The molecule has 174 valence electrons. The summed E-state index contributed by atoms with van der Waals surface area (Å²) in [5.74, 6) is 0.242. The smallest absolute Gasteiger partial charge is 0.324 e. The van der Waals surface area contributed by atoms with Crippen LogP contribution in [0.2, 0.25) is 0 Å². The number of nitrogens with one attached hydrogen (secondary N) is 2. The Bertz CT molecular complexity index is 1300. The number of hydrogen-bond acceptors (Lipinski definition) is 4. The number of amides is 2. The minimum atomic E-state index is -0.357. The van der Waals surface area contributed by atoms with Gasteiger partial charge in [-0.1, -0.05) is 55.8 Å². The number of carbonyl (C=O) groups excluding carboxylic acids is 2. The summed E-state index contributed by atoms with van der Waals surface area (Å²) in [4.78, 5) is 24.8. The van der Waals surface area contributed by atoms with E-state index >= 15 is 0 Å². The van der Waals surface area contributed by atoms with Crippen LogP contribution in [0.1, 0.15) is 31.0 Å². The number of hydrogen-bond donors (Lipinski definition) is 2. The average molecular weight is 457 g/mol. The fourth-order valence-corrected chi connectivity index (χ4v) is 3.86. The van der Waals surface area contributed by atoms with Crippen LogP contribution in [0.25, 0.3) is 16.5 Å². The van der Waals surface area contributed by atoms with Gasteiger partial charge in [0.2, 0.25) is 0 Å². The number of para-hydroxylation sites is 1. The third-order valence-electron chi connectivity index (χ3n) is 5.56. The molecule has 0 spiro atoms. The third kappa shape index (κ3) is 5.43. The number of rotatable bonds is 8. The fourth-order valence-electron chi connectivity index (χ4n) is 3.86. The Balaban J connectivity index is 1.72. The van der Waals surface area contributed by atoms with E-state index in [1.165, 1.54) is 7.11 Å². The van der Waals surface area contributed by atoms with E-state index in [4.69, 9.17) is 9.84 Å². The summed E-state index contributed by atoms with van der Waals surface area (Å²) < 4.78 is 6.63. The number of benzene rings is 3. The van der Waals surface area contributed by atoms with Crippen LogP contribution in [0, 0.1) is 0 Å². The van der Waals surface area contributed by atoms with Crippen molar-refractivity contribution in [1.82, 2.24) is 9.78 Å². The Kier molecular flexibility index (Phi) is 7.22. The van der Waals surface area contributed by atoms with Gasteiger partial charge >= 0.3 is 12.0 Å². The zero-order valence-corrected chi connectivity index (χ0v) is 19.4. The molecule has 0 aliphatic rings. The van der Waals surface area contributed by atoms with Crippen molar-refractivity contribution in [3.63, 3.8) is 0 Å². The molecule has 7 heteroatoms. The second kappa shape index (κ2) is 10.7. The Morgan fingerprint density at radius 3 is 2.50 bits per heavy atom. The highest BCUT2D eigenvalue weighted by atomic mass is 16.5. The fraction of sp³-hybridized carbons (Fsp3) is 0.222. The van der Waals surface area contributed by atoms with Crippen LogP contribution < -0.4 is 10.6 Å². The van der Waals surface area contributed by atoms with Crippen LogP contribution in [0.5, 0.6) is 0 Å². The lowest BCUT2D eigenvalue weighted by Gasteiger charge is -2.13. The molecule has 2 N–H and O–H groups in total. The van der Waals surface area contributed by atoms with Crippen molar-refractivity contribution >= 4 is 34.3 Å². The van der Waals surface area contributed by atoms with Gasteiger partial charge in [0.25, 0.3) is 0 Å². The molecule has 3 aromatic carbocycles. The average Bonchev–Trinajstić information content (AvgIpc) is 3.25. The van der Waals surface area contributed by atoms with Gasteiger partial charge in [0.15, 0.2) is 0 Å². The van der Waals surface area contributed by atoms with Gasteiger partial charge in [0, 0.05) is 11.8 Å². The lowest BCUT2D eigenvalue weighted by atomic mass is 10.0. The van der Waals surface area contributed by atoms with Crippen LogP contribution in [0.3, 0.4) is 0 Å². The van der Waals surface area contributed by atoms with E-state index in [0.29, 0.717) is 11.5 Å². The highest BCUT2D eigenvalue weighted by molar-refractivity contribution is 5.99. The van der Waals surface area contributed by atoms with Crippen molar-refractivity contribution in [2.75, 3.05) is 17.7 Å². The van der Waals surface area contributed by atoms with Gasteiger partial charge in [-0.05, 0) is 53.4 Å². The Morgan fingerprint density at radius 1 is 0.971 bits per heavy atom. The number of fused-ring (bicyclic) bond motifs is 1. The molecule has 4 rings (SSSR count). The van der Waals surface area contributed by atoms with E-state index < -0.39 is 0 Å². The molecule has 1 heterocycles. The lowest BCUT2D eigenvalue weighted by Crippen LogP contribution is -2.21. The number of ether oxygens (including phenoxy) is 1. The topological polar surface area (TPSA) is 85.2 Å². The maximum absolute atomic E-state index is 12.7. The van der Waals surface area contributed by atoms with Crippen LogP contribution in [0.15, 0.2) is 72.8 Å². The van der Waals surface area contributed by atoms with Gasteiger partial charge in [-0.2, -0.15) is 5.10 Å². The van der Waals surface area contributed by atoms with Crippen LogP contribution in [-0.4, -0.2) is 28.9 Å². The second-order valence-corrected chi connectivity index (χ2v) is 8.06. The number of anilines is 2. The molecular weight excluding hydrogens is 428 g/mol. The molecule has 34 heavy (non-hydrogen) atoms. The Labute approximate surface area is 198 Å². The van der Waals surface area contributed by atoms with Gasteiger partial charge in [-0.15, -0.1) is 0 Å². The highest BCUT2D eigenvalue weighted by Crippen LogP contribution is 2.27. The van der Waals surface area contributed by atoms with E-state index in [2.05, 4.69) is 17.6 Å². The molecule has 4 aromatic rings. The molecule has 1 aromatic heterocycles. The predicted molar refractivity (Wildman–Crippen MR) is 134 cm³/mol. The quantitative estimate of drug-likeness (QED) is 0.332. The largest absolute Gasteiger partial charge is 0.469 e. The number of unbranched alkanes of at least 4 members (excludes halogenated alkanes) is 1. The zero-order chi connectivity index (χ0) is 23.9. The van der Waals surface area contributed by atoms with Gasteiger partial charge in [-0.3, -0.25) is 10.1 Å². The molecule has 0 aliphatic carbocycles. The standard InChI is InChI=1S/C27H28N4O3/c1-3-4-11-22-18-25(29-27(33)28-21-12-6-5-7-13-21)31(30-22)23-15-19-10-8-9-14-24(19)20(16-23)17-26(32)34-2/h5-10,12-16,18H,3-4,11,17H2,1-2H3,(H2,28,29,33). The van der Waals surface area contributed by atoms with Crippen molar-refractivity contribution in [2.45, 2.75) is 32.6 Å². The summed E-state index contributed by atoms with van der Waals surface area (Å²) >= 11 is 0. The second-order valence-electron chi connectivity index (χ2n) is 8.06. The van der Waals surface area contributed by atoms with E-state index in [0.717, 1.165) is 47.0 Å². The van der Waals surface area contributed by atoms with Crippen molar-refractivity contribution in [3.8, 4) is 5.69 Å². The molecule has 0 fully saturated rings. The lowest BCUT2D eigenvalue weighted by molar-refractivity contribution is -0.139. The molecule has 0 atom stereocenters. The first kappa shape index (κ1) is 23.0. The highest BCUT2D eigenvalue weighted by Gasteiger charge is 2.16. The van der Waals surface area contributed by atoms with Crippen molar-refractivity contribution < 1.29 is 14.3 Å². The molecule has 0 bridgehead atoms. The van der Waals surface area contributed by atoms with Crippen molar-refractivity contribution in [1.29, 1.82) is 0 Å². The minimum absolute atomic E-state index is 0.145.